The van der Waals surface area contributed by atoms with E-state index < -0.39 is 0 Å². The van der Waals surface area contributed by atoms with Crippen molar-refractivity contribution in [1.29, 1.82) is 0 Å². The summed E-state index contributed by atoms with van der Waals surface area (Å²) in [5.74, 6) is 1.00. The van der Waals surface area contributed by atoms with E-state index >= 15 is 0 Å². The van der Waals surface area contributed by atoms with Crippen LogP contribution in [0.1, 0.15) is 26.2 Å². The number of hydrogen-bond acceptors (Lipinski definition) is 2. The summed E-state index contributed by atoms with van der Waals surface area (Å²) in [6.07, 6.45) is 4.00. The number of nitrogens with zero attached hydrogens (tertiary/aromatic N) is 1. The molecule has 1 aliphatic carbocycles. The van der Waals surface area contributed by atoms with Crippen molar-refractivity contribution in [2.45, 2.75) is 26.2 Å². The van der Waals surface area contributed by atoms with E-state index in [1.54, 1.807) is 0 Å². The van der Waals surface area contributed by atoms with Crippen molar-refractivity contribution >= 4 is 16.7 Å². The first kappa shape index (κ1) is 10.6. The van der Waals surface area contributed by atoms with Gasteiger partial charge in [0.05, 0.1) is 5.52 Å². The maximum atomic E-state index is 4.63. The normalized spacial score (nSPS) is 17.0. The van der Waals surface area contributed by atoms with Crippen LogP contribution in [0.4, 0.5) is 5.82 Å². The minimum atomic E-state index is 0.563. The van der Waals surface area contributed by atoms with Crippen molar-refractivity contribution in [2.24, 2.45) is 5.41 Å². The lowest BCUT2D eigenvalue weighted by molar-refractivity contribution is 0.521. The average Bonchev–Trinajstić information content (AvgIpc) is 3.17. The Morgan fingerprint density at radius 1 is 1.18 bits per heavy atom. The molecule has 1 saturated carbocycles. The molecule has 0 unspecified atom stereocenters. The molecule has 1 aromatic heterocycles. The molecule has 0 spiro atoms. The molecule has 0 aliphatic heterocycles. The first-order chi connectivity index (χ1) is 8.31. The van der Waals surface area contributed by atoms with Crippen LogP contribution >= 0.6 is 0 Å². The summed E-state index contributed by atoms with van der Waals surface area (Å²) in [6.45, 7) is 3.34. The molecule has 1 N–H and O–H groups in total. The average molecular weight is 226 g/mol. The Balaban J connectivity index is 1.77. The summed E-state index contributed by atoms with van der Waals surface area (Å²) < 4.78 is 0. The second-order valence-corrected chi connectivity index (χ2v) is 5.10. The Bertz CT molecular complexity index is 529. The molecule has 1 aromatic carbocycles. The number of benzene rings is 1. The number of para-hydroxylation sites is 1. The highest BCUT2D eigenvalue weighted by Crippen LogP contribution is 2.48. The summed E-state index contributed by atoms with van der Waals surface area (Å²) in [5.41, 5.74) is 1.63. The summed E-state index contributed by atoms with van der Waals surface area (Å²) >= 11 is 0. The van der Waals surface area contributed by atoms with E-state index in [0.29, 0.717) is 5.41 Å². The lowest BCUT2D eigenvalue weighted by Crippen LogP contribution is -2.14. The molecule has 17 heavy (non-hydrogen) atoms. The summed E-state index contributed by atoms with van der Waals surface area (Å²) in [6, 6.07) is 12.5. The van der Waals surface area contributed by atoms with Crippen LogP contribution in [0.5, 0.6) is 0 Å². The fourth-order valence-electron chi connectivity index (χ4n) is 2.27. The molecule has 0 radical (unpaired) electrons. The van der Waals surface area contributed by atoms with E-state index in [-0.39, 0.29) is 0 Å². The highest BCUT2D eigenvalue weighted by Gasteiger charge is 2.40. The molecule has 0 saturated heterocycles. The number of nitrogens with one attached hydrogen (secondary N) is 1. The van der Waals surface area contributed by atoms with Crippen molar-refractivity contribution in [3.63, 3.8) is 0 Å². The highest BCUT2D eigenvalue weighted by molar-refractivity contribution is 5.80. The topological polar surface area (TPSA) is 24.9 Å². The lowest BCUT2D eigenvalue weighted by atomic mass is 10.0. The Morgan fingerprint density at radius 3 is 2.76 bits per heavy atom. The Labute approximate surface area is 102 Å². The molecule has 2 aromatic rings. The van der Waals surface area contributed by atoms with Gasteiger partial charge in [-0.15, -0.1) is 0 Å². The number of pyridine rings is 1. The first-order valence-electron chi connectivity index (χ1n) is 6.41. The van der Waals surface area contributed by atoms with Crippen LogP contribution in [-0.4, -0.2) is 11.5 Å². The SMILES string of the molecule is CCC1(CNc2ccc3ccccc3n2)CC1. The van der Waals surface area contributed by atoms with E-state index in [1.807, 2.05) is 12.1 Å². The van der Waals surface area contributed by atoms with Crippen LogP contribution in [0.25, 0.3) is 10.9 Å². The fourth-order valence-corrected chi connectivity index (χ4v) is 2.27. The second kappa shape index (κ2) is 4.02. The fraction of sp³-hybridized carbons (Fsp3) is 0.400. The predicted molar refractivity (Wildman–Crippen MR) is 72.2 cm³/mol. The third-order valence-corrected chi connectivity index (χ3v) is 3.95. The molecule has 2 nitrogen and oxygen atoms in total. The van der Waals surface area contributed by atoms with Gasteiger partial charge in [0.25, 0.3) is 0 Å². The van der Waals surface area contributed by atoms with Crippen molar-refractivity contribution in [3.05, 3.63) is 36.4 Å². The molecule has 0 atom stereocenters. The van der Waals surface area contributed by atoms with Crippen LogP contribution < -0.4 is 5.32 Å². The number of anilines is 1. The molecule has 2 heteroatoms. The van der Waals surface area contributed by atoms with Gasteiger partial charge in [0.2, 0.25) is 0 Å². The molecule has 0 bridgehead atoms. The number of rotatable bonds is 4. The van der Waals surface area contributed by atoms with Gasteiger partial charge in [-0.2, -0.15) is 0 Å². The van der Waals surface area contributed by atoms with Gasteiger partial charge in [0, 0.05) is 11.9 Å². The smallest absolute Gasteiger partial charge is 0.126 e. The van der Waals surface area contributed by atoms with Crippen molar-refractivity contribution in [1.82, 2.24) is 4.98 Å². The van der Waals surface area contributed by atoms with Gasteiger partial charge in [0.15, 0.2) is 0 Å². The maximum Gasteiger partial charge on any atom is 0.126 e. The monoisotopic (exact) mass is 226 g/mol. The van der Waals surface area contributed by atoms with Gasteiger partial charge < -0.3 is 5.32 Å². The van der Waals surface area contributed by atoms with E-state index in [2.05, 4.69) is 41.5 Å². The first-order valence-corrected chi connectivity index (χ1v) is 6.41. The zero-order valence-electron chi connectivity index (χ0n) is 10.2. The second-order valence-electron chi connectivity index (χ2n) is 5.10. The van der Waals surface area contributed by atoms with Gasteiger partial charge in [-0.25, -0.2) is 4.98 Å². The predicted octanol–water partition coefficient (Wildman–Crippen LogP) is 3.84. The minimum absolute atomic E-state index is 0.563. The van der Waals surface area contributed by atoms with Crippen LogP contribution in [0.3, 0.4) is 0 Å². The third kappa shape index (κ3) is 2.12. The number of fused-ring (bicyclic) bond motifs is 1. The van der Waals surface area contributed by atoms with Gasteiger partial charge in [-0.05, 0) is 42.9 Å². The quantitative estimate of drug-likeness (QED) is 0.856. The minimum Gasteiger partial charge on any atom is -0.369 e. The Kier molecular flexibility index (Phi) is 2.50. The van der Waals surface area contributed by atoms with E-state index in [9.17, 15) is 0 Å². The Morgan fingerprint density at radius 2 is 2.00 bits per heavy atom. The third-order valence-electron chi connectivity index (χ3n) is 3.95. The number of aromatic nitrogens is 1. The van der Waals surface area contributed by atoms with Crippen molar-refractivity contribution < 1.29 is 0 Å². The zero-order chi connectivity index (χ0) is 11.7. The van der Waals surface area contributed by atoms with Gasteiger partial charge in [-0.3, -0.25) is 0 Å². The van der Waals surface area contributed by atoms with Crippen LogP contribution in [-0.2, 0) is 0 Å². The molecule has 88 valence electrons. The van der Waals surface area contributed by atoms with Gasteiger partial charge in [-0.1, -0.05) is 25.1 Å². The van der Waals surface area contributed by atoms with Crippen LogP contribution in [0.2, 0.25) is 0 Å². The molecular formula is C15H18N2. The van der Waals surface area contributed by atoms with Crippen LogP contribution in [0, 0.1) is 5.41 Å². The molecule has 0 amide bonds. The lowest BCUT2D eigenvalue weighted by Gasteiger charge is -2.14. The zero-order valence-corrected chi connectivity index (χ0v) is 10.2. The van der Waals surface area contributed by atoms with Crippen molar-refractivity contribution in [3.8, 4) is 0 Å². The molecule has 1 aliphatic rings. The van der Waals surface area contributed by atoms with Gasteiger partial charge >= 0.3 is 0 Å². The molecule has 3 rings (SSSR count). The van der Waals surface area contributed by atoms with Crippen molar-refractivity contribution in [2.75, 3.05) is 11.9 Å². The van der Waals surface area contributed by atoms with Crippen LogP contribution in [0.15, 0.2) is 36.4 Å². The van der Waals surface area contributed by atoms with E-state index in [0.717, 1.165) is 17.9 Å². The van der Waals surface area contributed by atoms with Gasteiger partial charge in [0.1, 0.15) is 5.82 Å². The summed E-state index contributed by atoms with van der Waals surface area (Å²) in [5, 5.41) is 4.68. The maximum absolute atomic E-state index is 4.63. The standard InChI is InChI=1S/C15H18N2/c1-2-15(9-10-15)11-16-14-8-7-12-5-3-4-6-13(12)17-14/h3-8H,2,9-11H2,1H3,(H,16,17). The van der Waals surface area contributed by atoms with E-state index in [4.69, 9.17) is 0 Å². The Hall–Kier alpha value is -1.57. The summed E-state index contributed by atoms with van der Waals surface area (Å²) in [7, 11) is 0. The summed E-state index contributed by atoms with van der Waals surface area (Å²) in [4.78, 5) is 4.63. The number of hydrogen-bond donors (Lipinski definition) is 1. The largest absolute Gasteiger partial charge is 0.369 e. The highest BCUT2D eigenvalue weighted by atomic mass is 15.0. The molecule has 1 heterocycles. The molecular weight excluding hydrogens is 208 g/mol. The molecule has 1 fully saturated rings. The van der Waals surface area contributed by atoms with E-state index in [1.165, 1.54) is 24.6 Å².